The van der Waals surface area contributed by atoms with Crippen molar-refractivity contribution in [3.8, 4) is 0 Å². The number of carbonyl (C=O) groups is 1. The highest BCUT2D eigenvalue weighted by Gasteiger charge is 2.40. The first-order chi connectivity index (χ1) is 7.65. The van der Waals surface area contributed by atoms with E-state index >= 15 is 0 Å². The van der Waals surface area contributed by atoms with Gasteiger partial charge in [-0.05, 0) is 19.3 Å². The number of rotatable bonds is 1. The van der Waals surface area contributed by atoms with Crippen LogP contribution in [0, 0.1) is 0 Å². The summed E-state index contributed by atoms with van der Waals surface area (Å²) in [7, 11) is 0. The fraction of sp³-hybridized carbons (Fsp3) is 0.909. The molecule has 1 atom stereocenters. The van der Waals surface area contributed by atoms with Gasteiger partial charge in [0.05, 0.1) is 18.2 Å². The molecule has 5 heteroatoms. The highest BCUT2D eigenvalue weighted by molar-refractivity contribution is 5.78. The fourth-order valence-electron chi connectivity index (χ4n) is 2.64. The van der Waals surface area contributed by atoms with Crippen LogP contribution in [0.15, 0.2) is 0 Å². The minimum Gasteiger partial charge on any atom is -0.393 e. The lowest BCUT2D eigenvalue weighted by Crippen LogP contribution is -2.52. The fourth-order valence-corrected chi connectivity index (χ4v) is 2.64. The molecule has 1 spiro atoms. The number of amides is 1. The van der Waals surface area contributed by atoms with E-state index in [9.17, 15) is 9.90 Å². The van der Waals surface area contributed by atoms with Gasteiger partial charge in [-0.2, -0.15) is 0 Å². The molecule has 2 saturated heterocycles. The number of hydrogen-bond donors (Lipinski definition) is 2. The zero-order valence-corrected chi connectivity index (χ0v) is 9.52. The largest absolute Gasteiger partial charge is 0.393 e. The molecular formula is C11H20N2O3. The molecule has 0 bridgehead atoms. The van der Waals surface area contributed by atoms with Crippen molar-refractivity contribution < 1.29 is 14.6 Å². The first-order valence-electron chi connectivity index (χ1n) is 5.95. The first kappa shape index (κ1) is 11.8. The molecule has 0 aromatic carbocycles. The molecule has 0 aromatic heterocycles. The normalized spacial score (nSPS) is 29.4. The molecule has 2 heterocycles. The minimum absolute atomic E-state index is 0.00575. The van der Waals surface area contributed by atoms with Crippen molar-refractivity contribution in [2.75, 3.05) is 26.2 Å². The molecule has 0 aliphatic carbocycles. The van der Waals surface area contributed by atoms with Crippen molar-refractivity contribution in [1.82, 2.24) is 4.90 Å². The van der Waals surface area contributed by atoms with Crippen LogP contribution < -0.4 is 5.73 Å². The maximum Gasteiger partial charge on any atom is 0.236 e. The molecule has 2 aliphatic rings. The molecule has 1 unspecified atom stereocenters. The van der Waals surface area contributed by atoms with Gasteiger partial charge < -0.3 is 20.5 Å². The van der Waals surface area contributed by atoms with Crippen molar-refractivity contribution in [2.45, 2.75) is 37.4 Å². The van der Waals surface area contributed by atoms with Crippen LogP contribution in [0.25, 0.3) is 0 Å². The number of likely N-dealkylation sites (tertiary alicyclic amines) is 1. The van der Waals surface area contributed by atoms with Gasteiger partial charge in [-0.25, -0.2) is 0 Å². The van der Waals surface area contributed by atoms with Gasteiger partial charge in [-0.1, -0.05) is 0 Å². The van der Waals surface area contributed by atoms with Crippen molar-refractivity contribution in [1.29, 1.82) is 0 Å². The first-order valence-corrected chi connectivity index (χ1v) is 5.95. The summed E-state index contributed by atoms with van der Waals surface area (Å²) in [6.07, 6.45) is 2.82. The van der Waals surface area contributed by atoms with Crippen LogP contribution in [0.2, 0.25) is 0 Å². The average molecular weight is 228 g/mol. The minimum atomic E-state index is -0.245. The molecule has 2 rings (SSSR count). The lowest BCUT2D eigenvalue weighted by atomic mass is 9.83. The van der Waals surface area contributed by atoms with Crippen LogP contribution in [0.5, 0.6) is 0 Å². The van der Waals surface area contributed by atoms with E-state index in [1.165, 1.54) is 0 Å². The highest BCUT2D eigenvalue weighted by Crippen LogP contribution is 2.34. The number of nitrogens with two attached hydrogens (primary N) is 1. The van der Waals surface area contributed by atoms with Crippen molar-refractivity contribution in [3.05, 3.63) is 0 Å². The Kier molecular flexibility index (Phi) is 3.47. The van der Waals surface area contributed by atoms with E-state index in [0.717, 1.165) is 19.3 Å². The summed E-state index contributed by atoms with van der Waals surface area (Å²) < 4.78 is 5.81. The van der Waals surface area contributed by atoms with E-state index in [2.05, 4.69) is 0 Å². The Balaban J connectivity index is 1.90. The quantitative estimate of drug-likeness (QED) is 0.633. The number of ether oxygens (including phenoxy) is 1. The lowest BCUT2D eigenvalue weighted by molar-refractivity contribution is -0.153. The second-order valence-corrected chi connectivity index (χ2v) is 4.76. The van der Waals surface area contributed by atoms with E-state index in [1.54, 1.807) is 4.90 Å². The second-order valence-electron chi connectivity index (χ2n) is 4.76. The average Bonchev–Trinajstić information content (AvgIpc) is 2.29. The maximum absolute atomic E-state index is 11.4. The Morgan fingerprint density at radius 3 is 2.75 bits per heavy atom. The molecule has 92 valence electrons. The SMILES string of the molecule is NCC(=O)N1CCC2(CC1)CC(O)CCO2. The van der Waals surface area contributed by atoms with Gasteiger partial charge in [0.25, 0.3) is 0 Å². The van der Waals surface area contributed by atoms with Crippen LogP contribution in [0.3, 0.4) is 0 Å². The van der Waals surface area contributed by atoms with Gasteiger partial charge in [0.15, 0.2) is 0 Å². The Bertz CT molecular complexity index is 262. The predicted octanol–water partition coefficient (Wildman–Crippen LogP) is -0.522. The summed E-state index contributed by atoms with van der Waals surface area (Å²) in [6, 6.07) is 0. The lowest BCUT2D eigenvalue weighted by Gasteiger charge is -2.45. The second kappa shape index (κ2) is 4.69. The number of carbonyl (C=O) groups excluding carboxylic acids is 1. The Labute approximate surface area is 95.5 Å². The zero-order valence-electron chi connectivity index (χ0n) is 9.52. The third-order valence-electron chi connectivity index (χ3n) is 3.67. The Morgan fingerprint density at radius 1 is 1.50 bits per heavy atom. The summed E-state index contributed by atoms with van der Waals surface area (Å²) in [4.78, 5) is 13.2. The number of aliphatic hydroxyl groups excluding tert-OH is 1. The van der Waals surface area contributed by atoms with Gasteiger partial charge in [0.2, 0.25) is 5.91 Å². The number of piperidine rings is 1. The van der Waals surface area contributed by atoms with Crippen LogP contribution >= 0.6 is 0 Å². The molecule has 2 aliphatic heterocycles. The van der Waals surface area contributed by atoms with Gasteiger partial charge in [-0.15, -0.1) is 0 Å². The Morgan fingerprint density at radius 2 is 2.19 bits per heavy atom. The van der Waals surface area contributed by atoms with E-state index in [-0.39, 0.29) is 24.2 Å². The maximum atomic E-state index is 11.4. The van der Waals surface area contributed by atoms with Gasteiger partial charge in [0.1, 0.15) is 0 Å². The molecule has 2 fully saturated rings. The smallest absolute Gasteiger partial charge is 0.236 e. The number of hydrogen-bond acceptors (Lipinski definition) is 4. The summed E-state index contributed by atoms with van der Waals surface area (Å²) in [6.45, 7) is 2.11. The van der Waals surface area contributed by atoms with Crippen LogP contribution in [-0.4, -0.2) is 53.9 Å². The van der Waals surface area contributed by atoms with E-state index in [4.69, 9.17) is 10.5 Å². The van der Waals surface area contributed by atoms with Crippen LogP contribution in [0.1, 0.15) is 25.7 Å². The van der Waals surface area contributed by atoms with Crippen LogP contribution in [0.4, 0.5) is 0 Å². The predicted molar refractivity (Wildman–Crippen MR) is 58.8 cm³/mol. The Hall–Kier alpha value is -0.650. The van der Waals surface area contributed by atoms with Gasteiger partial charge >= 0.3 is 0 Å². The molecule has 1 amide bonds. The summed E-state index contributed by atoms with van der Waals surface area (Å²) >= 11 is 0. The van der Waals surface area contributed by atoms with Crippen LogP contribution in [-0.2, 0) is 9.53 Å². The molecule has 16 heavy (non-hydrogen) atoms. The zero-order chi connectivity index (χ0) is 11.6. The van der Waals surface area contributed by atoms with Gasteiger partial charge in [0, 0.05) is 26.1 Å². The summed E-state index contributed by atoms with van der Waals surface area (Å²) in [5, 5.41) is 9.67. The van der Waals surface area contributed by atoms with Gasteiger partial charge in [-0.3, -0.25) is 4.79 Å². The molecule has 5 nitrogen and oxygen atoms in total. The summed E-state index contributed by atoms with van der Waals surface area (Å²) in [5.74, 6) is 0.00575. The molecule has 0 saturated carbocycles. The molecule has 3 N–H and O–H groups in total. The van der Waals surface area contributed by atoms with E-state index < -0.39 is 0 Å². The summed E-state index contributed by atoms with van der Waals surface area (Å²) in [5.41, 5.74) is 5.14. The van der Waals surface area contributed by atoms with E-state index in [0.29, 0.717) is 26.1 Å². The third-order valence-corrected chi connectivity index (χ3v) is 3.67. The number of nitrogens with zero attached hydrogens (tertiary/aromatic N) is 1. The standard InChI is InChI=1S/C11H20N2O3/c12-8-10(15)13-4-2-11(3-5-13)7-9(14)1-6-16-11/h9,14H,1-8,12H2. The van der Waals surface area contributed by atoms with Crippen molar-refractivity contribution >= 4 is 5.91 Å². The van der Waals surface area contributed by atoms with E-state index in [1.807, 2.05) is 0 Å². The number of aliphatic hydroxyl groups is 1. The molecule has 0 radical (unpaired) electrons. The topological polar surface area (TPSA) is 75.8 Å². The molecule has 0 aromatic rings. The third kappa shape index (κ3) is 2.36. The molecular weight excluding hydrogens is 208 g/mol. The highest BCUT2D eigenvalue weighted by atomic mass is 16.5. The van der Waals surface area contributed by atoms with Crippen molar-refractivity contribution in [3.63, 3.8) is 0 Å². The van der Waals surface area contributed by atoms with Crippen molar-refractivity contribution in [2.24, 2.45) is 5.73 Å². The monoisotopic (exact) mass is 228 g/mol.